The van der Waals surface area contributed by atoms with Crippen molar-refractivity contribution in [2.24, 2.45) is 5.73 Å². The fourth-order valence-electron chi connectivity index (χ4n) is 3.82. The van der Waals surface area contributed by atoms with Crippen LogP contribution in [0.3, 0.4) is 0 Å². The molecule has 1 saturated heterocycles. The average molecular weight is 376 g/mol. The van der Waals surface area contributed by atoms with Gasteiger partial charge < -0.3 is 25.3 Å². The number of piperidine rings is 1. The van der Waals surface area contributed by atoms with Gasteiger partial charge in [0.15, 0.2) is 0 Å². The molecule has 2 heterocycles. The number of Topliss-reactive ketones (excluding diaryl/α,β-unsaturated/α-hetero) is 1. The summed E-state index contributed by atoms with van der Waals surface area (Å²) in [7, 11) is 0.414. The van der Waals surface area contributed by atoms with Crippen LogP contribution in [-0.2, 0) is 16.0 Å². The first-order valence-corrected chi connectivity index (χ1v) is 9.11. The zero-order valence-electron chi connectivity index (χ0n) is 15.3. The Morgan fingerprint density at radius 2 is 2.22 bits per heavy atom. The third-order valence-corrected chi connectivity index (χ3v) is 5.34. The van der Waals surface area contributed by atoms with Gasteiger partial charge in [0.25, 0.3) is 0 Å². The van der Waals surface area contributed by atoms with Gasteiger partial charge in [0, 0.05) is 38.5 Å². The minimum Gasteiger partial charge on any atom is -0.535 e. The highest BCUT2D eigenvalue weighted by Crippen LogP contribution is 2.36. The number of carbonyl (C=O) groups is 2. The van der Waals surface area contributed by atoms with E-state index < -0.39 is 18.9 Å². The minimum atomic E-state index is -1.21. The number of ketones is 1. The molecule has 0 amide bonds. The average Bonchev–Trinajstić information content (AvgIpc) is 2.63. The van der Waals surface area contributed by atoms with Crippen molar-refractivity contribution >= 4 is 18.9 Å². The third kappa shape index (κ3) is 4.49. The topological polar surface area (TPSA) is 122 Å². The van der Waals surface area contributed by atoms with Crippen molar-refractivity contribution in [2.75, 3.05) is 26.7 Å². The summed E-state index contributed by atoms with van der Waals surface area (Å²) in [6.45, 7) is 1.62. The Hall–Kier alpha value is -1.94. The molecular formula is C18H25BN2O6. The van der Waals surface area contributed by atoms with E-state index in [0.717, 1.165) is 13.0 Å². The summed E-state index contributed by atoms with van der Waals surface area (Å²) in [5.74, 6) is -1.32. The molecule has 0 aliphatic carbocycles. The summed E-state index contributed by atoms with van der Waals surface area (Å²) in [6.07, 6.45) is 1.25. The fourth-order valence-corrected chi connectivity index (χ4v) is 3.82. The van der Waals surface area contributed by atoms with Crippen LogP contribution in [0.1, 0.15) is 28.8 Å². The number of carboxylic acid groups (broad SMARTS) is 1. The monoisotopic (exact) mass is 376 g/mol. The van der Waals surface area contributed by atoms with E-state index in [9.17, 15) is 19.7 Å². The third-order valence-electron chi connectivity index (χ3n) is 5.34. The van der Waals surface area contributed by atoms with Crippen LogP contribution >= 0.6 is 0 Å². The molecular weight excluding hydrogens is 351 g/mol. The van der Waals surface area contributed by atoms with Crippen molar-refractivity contribution in [3.63, 3.8) is 0 Å². The molecule has 8 nitrogen and oxygen atoms in total. The van der Waals surface area contributed by atoms with Crippen LogP contribution in [0, 0.1) is 0 Å². The Bertz CT molecular complexity index is 715. The number of methoxy groups -OCH3 is 1. The molecule has 4 N–H and O–H groups in total. The highest BCUT2D eigenvalue weighted by Gasteiger charge is 2.38. The normalized spacial score (nSPS) is 25.6. The lowest BCUT2D eigenvalue weighted by Crippen LogP contribution is -2.52. The summed E-state index contributed by atoms with van der Waals surface area (Å²) in [6, 6.07) is 4.83. The van der Waals surface area contributed by atoms with E-state index in [1.165, 1.54) is 6.07 Å². The van der Waals surface area contributed by atoms with Gasteiger partial charge >= 0.3 is 13.1 Å². The second-order valence-corrected chi connectivity index (χ2v) is 7.28. The second-order valence-electron chi connectivity index (χ2n) is 7.28. The van der Waals surface area contributed by atoms with E-state index in [1.54, 1.807) is 19.2 Å². The molecule has 146 valence electrons. The zero-order valence-corrected chi connectivity index (χ0v) is 15.3. The number of aromatic carboxylic acids is 1. The minimum absolute atomic E-state index is 0.00538. The van der Waals surface area contributed by atoms with Crippen LogP contribution < -0.4 is 10.4 Å². The number of carbonyl (C=O) groups excluding carboxylic acids is 1. The van der Waals surface area contributed by atoms with Crippen molar-refractivity contribution in [3.05, 3.63) is 29.3 Å². The van der Waals surface area contributed by atoms with Crippen molar-refractivity contribution in [3.8, 4) is 5.75 Å². The number of nitrogens with two attached hydrogens (primary N) is 1. The summed E-state index contributed by atoms with van der Waals surface area (Å²) in [5.41, 5.74) is 6.72. The number of rotatable bonds is 6. The molecule has 2 unspecified atom stereocenters. The molecule has 0 aromatic heterocycles. The van der Waals surface area contributed by atoms with Crippen LogP contribution in [0.25, 0.3) is 0 Å². The molecule has 3 atom stereocenters. The largest absolute Gasteiger partial charge is 0.535 e. The number of hydrogen-bond acceptors (Lipinski definition) is 7. The smallest absolute Gasteiger partial charge is 0.526 e. The highest BCUT2D eigenvalue weighted by molar-refractivity contribution is 6.47. The van der Waals surface area contributed by atoms with Gasteiger partial charge in [0.2, 0.25) is 0 Å². The first-order valence-electron chi connectivity index (χ1n) is 9.11. The molecule has 9 heteroatoms. The zero-order chi connectivity index (χ0) is 19.6. The predicted molar refractivity (Wildman–Crippen MR) is 98.9 cm³/mol. The van der Waals surface area contributed by atoms with Crippen LogP contribution in [0.5, 0.6) is 5.75 Å². The van der Waals surface area contributed by atoms with E-state index in [4.69, 9.17) is 15.1 Å². The molecule has 3 rings (SSSR count). The Labute approximate surface area is 158 Å². The summed E-state index contributed by atoms with van der Waals surface area (Å²) < 4.78 is 10.8. The number of ether oxygens (including phenoxy) is 1. The Balaban J connectivity index is 1.60. The number of likely N-dealkylation sites (tertiary alicyclic amines) is 1. The Morgan fingerprint density at radius 1 is 1.44 bits per heavy atom. The maximum absolute atomic E-state index is 12.5. The highest BCUT2D eigenvalue weighted by atomic mass is 16.5. The lowest BCUT2D eigenvalue weighted by molar-refractivity contribution is -0.121. The molecule has 0 spiro atoms. The van der Waals surface area contributed by atoms with Crippen LogP contribution in [0.2, 0.25) is 5.82 Å². The van der Waals surface area contributed by atoms with Gasteiger partial charge in [0.05, 0.1) is 18.2 Å². The second kappa shape index (κ2) is 8.39. The molecule has 2 aliphatic heterocycles. The van der Waals surface area contributed by atoms with Gasteiger partial charge in [-0.05, 0) is 24.5 Å². The van der Waals surface area contributed by atoms with Crippen LogP contribution in [0.4, 0.5) is 0 Å². The lowest BCUT2D eigenvalue weighted by atomic mass is 9.64. The predicted octanol–water partition coefficient (Wildman–Crippen LogP) is 0.178. The van der Waals surface area contributed by atoms with Gasteiger partial charge in [-0.3, -0.25) is 9.69 Å². The lowest BCUT2D eigenvalue weighted by Gasteiger charge is -2.36. The molecule has 0 bridgehead atoms. The van der Waals surface area contributed by atoms with E-state index in [-0.39, 0.29) is 42.2 Å². The number of nitrogens with zero attached hydrogens (tertiary/aromatic N) is 1. The molecule has 0 radical (unpaired) electrons. The fraction of sp³-hybridized carbons (Fsp3) is 0.556. The first kappa shape index (κ1) is 19.8. The summed E-state index contributed by atoms with van der Waals surface area (Å²) in [4.78, 5) is 25.8. The van der Waals surface area contributed by atoms with Gasteiger partial charge in [-0.15, -0.1) is 0 Å². The van der Waals surface area contributed by atoms with Crippen molar-refractivity contribution < 1.29 is 29.1 Å². The molecule has 27 heavy (non-hydrogen) atoms. The molecule has 1 aromatic carbocycles. The van der Waals surface area contributed by atoms with Crippen molar-refractivity contribution in [1.29, 1.82) is 0 Å². The Kier molecular flexibility index (Phi) is 6.16. The SMILES string of the molecule is COC1CN(CC(=O)C[C@H]2Cc3cccc(C(=O)O)c3OB2O)CCC1N. The van der Waals surface area contributed by atoms with Crippen molar-refractivity contribution in [2.45, 2.75) is 37.2 Å². The number of benzene rings is 1. The molecule has 0 saturated carbocycles. The van der Waals surface area contributed by atoms with Crippen LogP contribution in [0.15, 0.2) is 18.2 Å². The first-order chi connectivity index (χ1) is 12.9. The maximum atomic E-state index is 12.5. The summed E-state index contributed by atoms with van der Waals surface area (Å²) >= 11 is 0. The Morgan fingerprint density at radius 3 is 2.93 bits per heavy atom. The van der Waals surface area contributed by atoms with E-state index in [0.29, 0.717) is 18.5 Å². The standard InChI is InChI=1S/C18H25BN2O6/c1-26-16-10-21(6-5-15(16)20)9-13(22)8-12-7-11-3-2-4-14(18(23)24)17(11)27-19(12)25/h2-4,12,15-16,25H,5-10,20H2,1H3,(H,23,24)/t12-,15?,16?/m1/s1. The molecule has 2 aliphatic rings. The number of hydrogen-bond donors (Lipinski definition) is 3. The van der Waals surface area contributed by atoms with Gasteiger partial charge in [-0.25, -0.2) is 4.79 Å². The van der Waals surface area contributed by atoms with Crippen LogP contribution in [-0.4, -0.2) is 72.8 Å². The van der Waals surface area contributed by atoms with Gasteiger partial charge in [0.1, 0.15) is 11.5 Å². The number of carboxylic acids is 1. The van der Waals surface area contributed by atoms with E-state index >= 15 is 0 Å². The maximum Gasteiger partial charge on any atom is 0.526 e. The molecule has 1 fully saturated rings. The van der Waals surface area contributed by atoms with Crippen molar-refractivity contribution in [1.82, 2.24) is 4.90 Å². The number of fused-ring (bicyclic) bond motifs is 1. The van der Waals surface area contributed by atoms with Gasteiger partial charge in [-0.1, -0.05) is 12.1 Å². The molecule has 1 aromatic rings. The number of para-hydroxylation sites is 1. The van der Waals surface area contributed by atoms with E-state index in [1.807, 2.05) is 4.90 Å². The summed E-state index contributed by atoms with van der Waals surface area (Å²) in [5, 5.41) is 19.5. The van der Waals surface area contributed by atoms with Gasteiger partial charge in [-0.2, -0.15) is 0 Å². The quantitative estimate of drug-likeness (QED) is 0.601. The van der Waals surface area contributed by atoms with E-state index in [2.05, 4.69) is 0 Å².